The number of nitrogens with one attached hydrogen (secondary N) is 1. The zero-order chi connectivity index (χ0) is 12.7. The van der Waals surface area contributed by atoms with Crippen LogP contribution in [0.15, 0.2) is 24.4 Å². The molecule has 1 rings (SSSR count). The normalized spacial score (nSPS) is 11.9. The molecule has 1 aromatic rings. The number of aliphatic hydroxyl groups excluding tert-OH is 2. The lowest BCUT2D eigenvalue weighted by molar-refractivity contribution is 0.185. The Kier molecular flexibility index (Phi) is 5.49. The van der Waals surface area contributed by atoms with E-state index in [1.54, 1.807) is 24.4 Å². The molecule has 7 heteroatoms. The topological polar surface area (TPSA) is 99.5 Å². The van der Waals surface area contributed by atoms with E-state index in [-0.39, 0.29) is 5.75 Å². The van der Waals surface area contributed by atoms with Gasteiger partial charge in [-0.25, -0.2) is 13.1 Å². The fourth-order valence-corrected chi connectivity index (χ4v) is 2.48. The van der Waals surface area contributed by atoms with E-state index in [1.807, 2.05) is 0 Å². The van der Waals surface area contributed by atoms with Crippen molar-refractivity contribution in [1.82, 2.24) is 9.71 Å². The molecule has 0 bridgehead atoms. The SMILES string of the molecule is O=S(=O)(CCc1ccccn1)NC(CO)CO. The Morgan fingerprint density at radius 1 is 1.29 bits per heavy atom. The lowest BCUT2D eigenvalue weighted by Crippen LogP contribution is -2.41. The average molecular weight is 260 g/mol. The molecule has 1 aromatic heterocycles. The standard InChI is InChI=1S/C10H16N2O4S/c13-7-10(8-14)12-17(15,16)6-4-9-3-1-2-5-11-9/h1-3,5,10,12-14H,4,6-8H2. The van der Waals surface area contributed by atoms with Gasteiger partial charge in [-0.15, -0.1) is 0 Å². The number of aryl methyl sites for hydroxylation is 1. The number of rotatable bonds is 7. The summed E-state index contributed by atoms with van der Waals surface area (Å²) in [7, 11) is -3.51. The Bertz CT molecular complexity index is 417. The van der Waals surface area contributed by atoms with Crippen molar-refractivity contribution in [1.29, 1.82) is 0 Å². The monoisotopic (exact) mass is 260 g/mol. The van der Waals surface area contributed by atoms with E-state index >= 15 is 0 Å². The van der Waals surface area contributed by atoms with Gasteiger partial charge in [-0.3, -0.25) is 4.98 Å². The summed E-state index contributed by atoms with van der Waals surface area (Å²) in [5, 5.41) is 17.6. The fourth-order valence-electron chi connectivity index (χ4n) is 1.23. The van der Waals surface area contributed by atoms with Crippen LogP contribution in [0.25, 0.3) is 0 Å². The minimum absolute atomic E-state index is 0.124. The molecule has 0 amide bonds. The van der Waals surface area contributed by atoms with E-state index in [0.29, 0.717) is 12.1 Å². The van der Waals surface area contributed by atoms with Crippen LogP contribution >= 0.6 is 0 Å². The molecule has 96 valence electrons. The highest BCUT2D eigenvalue weighted by Gasteiger charge is 2.16. The average Bonchev–Trinajstić information content (AvgIpc) is 2.35. The third-order valence-corrected chi connectivity index (χ3v) is 3.57. The van der Waals surface area contributed by atoms with E-state index in [2.05, 4.69) is 9.71 Å². The molecule has 0 aliphatic carbocycles. The van der Waals surface area contributed by atoms with Gasteiger partial charge in [0.1, 0.15) is 0 Å². The van der Waals surface area contributed by atoms with Gasteiger partial charge in [0.15, 0.2) is 0 Å². The molecule has 0 spiro atoms. The largest absolute Gasteiger partial charge is 0.395 e. The number of aliphatic hydroxyl groups is 2. The Balaban J connectivity index is 2.50. The van der Waals surface area contributed by atoms with Gasteiger partial charge in [-0.2, -0.15) is 0 Å². The van der Waals surface area contributed by atoms with Gasteiger partial charge in [-0.05, 0) is 12.1 Å². The molecule has 1 heterocycles. The number of pyridine rings is 1. The molecule has 0 aromatic carbocycles. The zero-order valence-corrected chi connectivity index (χ0v) is 10.1. The van der Waals surface area contributed by atoms with Crippen molar-refractivity contribution in [2.24, 2.45) is 0 Å². The predicted octanol–water partition coefficient (Wildman–Crippen LogP) is -1.10. The van der Waals surface area contributed by atoms with Crippen LogP contribution in [0.3, 0.4) is 0 Å². The van der Waals surface area contributed by atoms with Crippen LogP contribution in [0, 0.1) is 0 Å². The highest BCUT2D eigenvalue weighted by Crippen LogP contribution is 1.98. The summed E-state index contributed by atoms with van der Waals surface area (Å²) >= 11 is 0. The fraction of sp³-hybridized carbons (Fsp3) is 0.500. The second-order valence-corrected chi connectivity index (χ2v) is 5.44. The molecule has 17 heavy (non-hydrogen) atoms. The second-order valence-electron chi connectivity index (χ2n) is 3.57. The maximum atomic E-state index is 11.6. The van der Waals surface area contributed by atoms with Gasteiger partial charge in [0.25, 0.3) is 0 Å². The highest BCUT2D eigenvalue weighted by molar-refractivity contribution is 7.89. The first-order valence-corrected chi connectivity index (χ1v) is 6.84. The van der Waals surface area contributed by atoms with Crippen molar-refractivity contribution >= 4 is 10.0 Å². The van der Waals surface area contributed by atoms with E-state index in [0.717, 1.165) is 0 Å². The lowest BCUT2D eigenvalue weighted by Gasteiger charge is -2.13. The first-order chi connectivity index (χ1) is 8.07. The molecule has 0 saturated heterocycles. The molecule has 6 nitrogen and oxygen atoms in total. The van der Waals surface area contributed by atoms with Crippen LogP contribution in [0.4, 0.5) is 0 Å². The van der Waals surface area contributed by atoms with Crippen molar-refractivity contribution in [2.45, 2.75) is 12.5 Å². The molecule has 0 atom stereocenters. The minimum atomic E-state index is -3.51. The van der Waals surface area contributed by atoms with Crippen molar-refractivity contribution in [3.63, 3.8) is 0 Å². The van der Waals surface area contributed by atoms with Gasteiger partial charge < -0.3 is 10.2 Å². The zero-order valence-electron chi connectivity index (χ0n) is 9.28. The van der Waals surface area contributed by atoms with Crippen LogP contribution in [-0.2, 0) is 16.4 Å². The number of nitrogens with zero attached hydrogens (tertiary/aromatic N) is 1. The highest BCUT2D eigenvalue weighted by atomic mass is 32.2. The van der Waals surface area contributed by atoms with Gasteiger partial charge in [0, 0.05) is 18.3 Å². The second kappa shape index (κ2) is 6.65. The van der Waals surface area contributed by atoms with Crippen LogP contribution in [0.5, 0.6) is 0 Å². The van der Waals surface area contributed by atoms with Crippen LogP contribution < -0.4 is 4.72 Å². The quantitative estimate of drug-likeness (QED) is 0.577. The summed E-state index contributed by atoms with van der Waals surface area (Å²) in [6.45, 7) is -0.862. The predicted molar refractivity (Wildman–Crippen MR) is 62.8 cm³/mol. The van der Waals surface area contributed by atoms with Gasteiger partial charge in [-0.1, -0.05) is 6.07 Å². The molecule has 3 N–H and O–H groups in total. The Morgan fingerprint density at radius 3 is 2.53 bits per heavy atom. The van der Waals surface area contributed by atoms with E-state index < -0.39 is 29.3 Å². The molecule has 0 saturated carbocycles. The van der Waals surface area contributed by atoms with Crippen LogP contribution in [-0.4, -0.2) is 48.6 Å². The Morgan fingerprint density at radius 2 is 2.00 bits per heavy atom. The molecular weight excluding hydrogens is 244 g/mol. The van der Waals surface area contributed by atoms with Crippen LogP contribution in [0.2, 0.25) is 0 Å². The van der Waals surface area contributed by atoms with E-state index in [1.165, 1.54) is 0 Å². The summed E-state index contributed by atoms with van der Waals surface area (Å²) < 4.78 is 25.3. The van der Waals surface area contributed by atoms with Gasteiger partial charge in [0.05, 0.1) is 25.0 Å². The molecular formula is C10H16N2O4S. The number of sulfonamides is 1. The summed E-state index contributed by atoms with van der Waals surface area (Å²) in [4.78, 5) is 4.01. The Labute approximate surface area is 100 Å². The third kappa shape index (κ3) is 5.22. The summed E-state index contributed by atoms with van der Waals surface area (Å²) in [6.07, 6.45) is 1.89. The maximum absolute atomic E-state index is 11.6. The van der Waals surface area contributed by atoms with Crippen molar-refractivity contribution in [2.75, 3.05) is 19.0 Å². The van der Waals surface area contributed by atoms with Crippen molar-refractivity contribution in [3.8, 4) is 0 Å². The number of hydrogen-bond acceptors (Lipinski definition) is 5. The first-order valence-electron chi connectivity index (χ1n) is 5.19. The van der Waals surface area contributed by atoms with E-state index in [4.69, 9.17) is 10.2 Å². The molecule has 0 radical (unpaired) electrons. The first kappa shape index (κ1) is 14.0. The Hall–Kier alpha value is -1.02. The molecule has 0 aliphatic rings. The number of aromatic nitrogens is 1. The lowest BCUT2D eigenvalue weighted by atomic mass is 10.3. The molecule has 0 unspecified atom stereocenters. The number of hydrogen-bond donors (Lipinski definition) is 3. The van der Waals surface area contributed by atoms with Crippen molar-refractivity contribution in [3.05, 3.63) is 30.1 Å². The maximum Gasteiger partial charge on any atom is 0.212 e. The van der Waals surface area contributed by atoms with Gasteiger partial charge >= 0.3 is 0 Å². The third-order valence-electron chi connectivity index (χ3n) is 2.14. The minimum Gasteiger partial charge on any atom is -0.395 e. The summed E-state index contributed by atoms with van der Waals surface area (Å²) in [5.41, 5.74) is 0.683. The molecule has 0 fully saturated rings. The van der Waals surface area contributed by atoms with E-state index in [9.17, 15) is 8.42 Å². The van der Waals surface area contributed by atoms with Crippen molar-refractivity contribution < 1.29 is 18.6 Å². The summed E-state index contributed by atoms with van der Waals surface area (Å²) in [5.74, 6) is -0.124. The van der Waals surface area contributed by atoms with Crippen LogP contribution in [0.1, 0.15) is 5.69 Å². The molecule has 0 aliphatic heterocycles. The summed E-state index contributed by atoms with van der Waals surface area (Å²) in [6, 6.07) is 4.44. The smallest absolute Gasteiger partial charge is 0.212 e. The van der Waals surface area contributed by atoms with Gasteiger partial charge in [0.2, 0.25) is 10.0 Å².